The highest BCUT2D eigenvalue weighted by Crippen LogP contribution is 2.46. The highest BCUT2D eigenvalue weighted by atomic mass is 32.2. The van der Waals surface area contributed by atoms with Crippen LogP contribution in [-0.2, 0) is 24.4 Å². The zero-order valence-corrected chi connectivity index (χ0v) is 28.4. The van der Waals surface area contributed by atoms with Gasteiger partial charge in [-0.05, 0) is 93.9 Å². The molecular formula is C35H46N4O7S. The Morgan fingerprint density at radius 1 is 1.11 bits per heavy atom. The smallest absolute Gasteiger partial charge is 0.259 e. The summed E-state index contributed by atoms with van der Waals surface area (Å²) in [5.41, 5.74) is -1.39. The molecule has 3 fully saturated rings. The molecule has 2 aliphatic carbocycles. The van der Waals surface area contributed by atoms with Crippen molar-refractivity contribution in [2.75, 3.05) is 6.54 Å². The lowest BCUT2D eigenvalue weighted by Crippen LogP contribution is -2.56. The summed E-state index contributed by atoms with van der Waals surface area (Å²) in [7, 11) is -3.81. The minimum atomic E-state index is -3.81. The minimum Gasteiger partial charge on any atom is -0.491 e. The average molecular weight is 667 g/mol. The van der Waals surface area contributed by atoms with E-state index in [1.54, 1.807) is 11.1 Å². The fourth-order valence-electron chi connectivity index (χ4n) is 7.04. The summed E-state index contributed by atoms with van der Waals surface area (Å²) in [4.78, 5) is 47.5. The Balaban J connectivity index is 1.26. The van der Waals surface area contributed by atoms with Crippen LogP contribution in [0.3, 0.4) is 0 Å². The van der Waals surface area contributed by atoms with Crippen molar-refractivity contribution in [3.8, 4) is 11.6 Å². The summed E-state index contributed by atoms with van der Waals surface area (Å²) in [5, 5.41) is 4.02. The predicted octanol–water partition coefficient (Wildman–Crippen LogP) is 4.26. The standard InChI is InChI=1S/C35H46N4O7S/c1-21(2)45-26-9-12-29-24(17-26)13-14-36-33(29)46-27-18-30-32(41)37-35(34(42)38-47(43,44)28-10-11-28)19-25(35)8-6-5-7-22(3)15-23(4)16-31(40)39(30)20-27/h6,8-9,12-14,17,21-23,25,27-28,30H,5,7,10-11,15-16,18-20H2,1-4H3,(H,37,41)(H,38,42)/b8-6-/t22-,23+,25+,27+,30-,35+/m0/s1. The summed E-state index contributed by atoms with van der Waals surface area (Å²) in [5.74, 6) is -0.0596. The molecule has 2 N–H and O–H groups in total. The number of allylic oxidation sites excluding steroid dienone is 1. The molecule has 4 aliphatic rings. The summed E-state index contributed by atoms with van der Waals surface area (Å²) < 4.78 is 39.9. The predicted molar refractivity (Wildman–Crippen MR) is 177 cm³/mol. The number of hydrogen-bond donors (Lipinski definition) is 2. The maximum absolute atomic E-state index is 14.1. The zero-order valence-electron chi connectivity index (χ0n) is 27.6. The molecule has 2 saturated carbocycles. The molecule has 254 valence electrons. The van der Waals surface area contributed by atoms with Crippen LogP contribution >= 0.6 is 0 Å². The molecule has 3 heterocycles. The van der Waals surface area contributed by atoms with Gasteiger partial charge in [0.2, 0.25) is 27.7 Å². The molecule has 0 spiro atoms. The molecule has 1 saturated heterocycles. The monoisotopic (exact) mass is 666 g/mol. The highest BCUT2D eigenvalue weighted by molar-refractivity contribution is 7.91. The first-order valence-electron chi connectivity index (χ1n) is 16.9. The van der Waals surface area contributed by atoms with Gasteiger partial charge in [0.25, 0.3) is 5.91 Å². The lowest BCUT2D eigenvalue weighted by atomic mass is 9.91. The Labute approximate surface area is 276 Å². The number of amides is 3. The normalized spacial score (nSPS) is 30.8. The third kappa shape index (κ3) is 7.42. The van der Waals surface area contributed by atoms with Crippen LogP contribution in [0.1, 0.15) is 79.1 Å². The molecule has 0 radical (unpaired) electrons. The fraction of sp³-hybridized carbons (Fsp3) is 0.600. The van der Waals surface area contributed by atoms with Gasteiger partial charge >= 0.3 is 0 Å². The van der Waals surface area contributed by atoms with E-state index in [1.807, 2.05) is 50.3 Å². The molecule has 1 aromatic carbocycles. The molecule has 47 heavy (non-hydrogen) atoms. The average Bonchev–Trinajstić information content (AvgIpc) is 3.92. The molecule has 11 nitrogen and oxygen atoms in total. The number of carbonyl (C=O) groups is 3. The van der Waals surface area contributed by atoms with E-state index in [0.717, 1.165) is 35.8 Å². The van der Waals surface area contributed by atoms with Crippen molar-refractivity contribution < 1.29 is 32.3 Å². The number of ether oxygens (including phenoxy) is 2. The topological polar surface area (TPSA) is 144 Å². The Morgan fingerprint density at radius 2 is 1.89 bits per heavy atom. The number of hydrogen-bond acceptors (Lipinski definition) is 8. The molecule has 2 aromatic rings. The van der Waals surface area contributed by atoms with Gasteiger partial charge in [-0.3, -0.25) is 19.1 Å². The first-order valence-corrected chi connectivity index (χ1v) is 18.5. The molecule has 0 bridgehead atoms. The van der Waals surface area contributed by atoms with E-state index in [1.165, 1.54) is 0 Å². The third-order valence-electron chi connectivity index (χ3n) is 9.72. The van der Waals surface area contributed by atoms with Crippen molar-refractivity contribution >= 4 is 38.5 Å². The van der Waals surface area contributed by atoms with Crippen molar-refractivity contribution in [1.82, 2.24) is 19.9 Å². The van der Waals surface area contributed by atoms with E-state index in [4.69, 9.17) is 9.47 Å². The van der Waals surface area contributed by atoms with Crippen LogP contribution in [0.5, 0.6) is 11.6 Å². The van der Waals surface area contributed by atoms with Gasteiger partial charge in [-0.1, -0.05) is 26.0 Å². The number of benzene rings is 1. The number of fused-ring (bicyclic) bond motifs is 3. The molecular weight excluding hydrogens is 620 g/mol. The van der Waals surface area contributed by atoms with Crippen LogP contribution in [-0.4, -0.2) is 71.6 Å². The SMILES string of the molecule is CC(C)Oc1ccc2c(O[C@@H]3C[C@H]4C(=O)N[C@]5(C(=O)NS(=O)(=O)C6CC6)C[C@H]5/C=C\CC[C@H](C)C[C@@H](C)CC(=O)N4C3)nccc2c1. The van der Waals surface area contributed by atoms with Gasteiger partial charge in [0.15, 0.2) is 0 Å². The summed E-state index contributed by atoms with van der Waals surface area (Å²) >= 11 is 0. The second kappa shape index (κ2) is 13.1. The van der Waals surface area contributed by atoms with Gasteiger partial charge in [-0.25, -0.2) is 13.4 Å². The Kier molecular flexibility index (Phi) is 9.26. The zero-order chi connectivity index (χ0) is 33.5. The van der Waals surface area contributed by atoms with E-state index in [2.05, 4.69) is 28.9 Å². The Bertz CT molecular complexity index is 1670. The van der Waals surface area contributed by atoms with E-state index in [9.17, 15) is 22.8 Å². The molecule has 1 aromatic heterocycles. The lowest BCUT2D eigenvalue weighted by Gasteiger charge is -2.27. The Hall–Kier alpha value is -3.67. The number of carbonyl (C=O) groups excluding carboxylic acids is 3. The van der Waals surface area contributed by atoms with Crippen LogP contribution in [0.4, 0.5) is 0 Å². The van der Waals surface area contributed by atoms with Crippen molar-refractivity contribution in [3.05, 3.63) is 42.6 Å². The number of sulfonamides is 1. The van der Waals surface area contributed by atoms with Gasteiger partial charge in [-0.15, -0.1) is 0 Å². The first-order chi connectivity index (χ1) is 22.3. The molecule has 6 rings (SSSR count). The maximum atomic E-state index is 14.1. The van der Waals surface area contributed by atoms with Gasteiger partial charge in [0.05, 0.1) is 17.9 Å². The van der Waals surface area contributed by atoms with Crippen LogP contribution < -0.4 is 19.5 Å². The van der Waals surface area contributed by atoms with Gasteiger partial charge < -0.3 is 19.7 Å². The van der Waals surface area contributed by atoms with Gasteiger partial charge in [0, 0.05) is 30.3 Å². The van der Waals surface area contributed by atoms with E-state index in [-0.39, 0.29) is 49.7 Å². The van der Waals surface area contributed by atoms with Crippen molar-refractivity contribution in [3.63, 3.8) is 0 Å². The Morgan fingerprint density at radius 3 is 2.64 bits per heavy atom. The van der Waals surface area contributed by atoms with E-state index in [0.29, 0.717) is 24.6 Å². The molecule has 6 atom stereocenters. The second-order valence-corrected chi connectivity index (χ2v) is 16.3. The molecule has 3 amide bonds. The van der Waals surface area contributed by atoms with Crippen LogP contribution in [0, 0.1) is 17.8 Å². The largest absolute Gasteiger partial charge is 0.491 e. The molecule has 0 unspecified atom stereocenters. The first kappa shape index (κ1) is 33.2. The van der Waals surface area contributed by atoms with Gasteiger partial charge in [-0.2, -0.15) is 0 Å². The molecule has 12 heteroatoms. The maximum Gasteiger partial charge on any atom is 0.259 e. The highest BCUT2D eigenvalue weighted by Gasteiger charge is 2.62. The number of nitrogens with one attached hydrogen (secondary N) is 2. The molecule has 2 aliphatic heterocycles. The van der Waals surface area contributed by atoms with E-state index >= 15 is 0 Å². The quantitative estimate of drug-likeness (QED) is 0.418. The lowest BCUT2D eigenvalue weighted by molar-refractivity contribution is -0.140. The van der Waals surface area contributed by atoms with Crippen LogP contribution in [0.2, 0.25) is 0 Å². The summed E-state index contributed by atoms with van der Waals surface area (Å²) in [6.45, 7) is 8.35. The minimum absolute atomic E-state index is 0.0265. The summed E-state index contributed by atoms with van der Waals surface area (Å²) in [6.07, 6.45) is 9.51. The van der Waals surface area contributed by atoms with Crippen LogP contribution in [0.15, 0.2) is 42.6 Å². The van der Waals surface area contributed by atoms with Crippen molar-refractivity contribution in [1.29, 1.82) is 0 Å². The number of pyridine rings is 1. The van der Waals surface area contributed by atoms with Gasteiger partial charge in [0.1, 0.15) is 23.4 Å². The fourth-order valence-corrected chi connectivity index (χ4v) is 8.41. The number of nitrogens with zero attached hydrogens (tertiary/aromatic N) is 2. The summed E-state index contributed by atoms with van der Waals surface area (Å²) in [6, 6.07) is 6.67. The number of rotatable bonds is 7. The number of aromatic nitrogens is 1. The second-order valence-electron chi connectivity index (χ2n) is 14.3. The third-order valence-corrected chi connectivity index (χ3v) is 11.5. The van der Waals surface area contributed by atoms with Crippen molar-refractivity contribution in [2.24, 2.45) is 17.8 Å². The van der Waals surface area contributed by atoms with E-state index < -0.39 is 44.8 Å². The van der Waals surface area contributed by atoms with Crippen LogP contribution in [0.25, 0.3) is 10.8 Å². The van der Waals surface area contributed by atoms with Crippen molar-refractivity contribution in [2.45, 2.75) is 108 Å².